The SMILES string of the molecule is COc1ccc(C2=NNC(c3cccnc3)=Nc3ccc(C(C)C)cc32)cc1. The average Bonchev–Trinajstić information content (AvgIpc) is 2.93. The Labute approximate surface area is 164 Å². The van der Waals surface area contributed by atoms with Gasteiger partial charge in [-0.25, -0.2) is 4.99 Å². The molecule has 140 valence electrons. The van der Waals surface area contributed by atoms with E-state index in [4.69, 9.17) is 14.8 Å². The van der Waals surface area contributed by atoms with Crippen LogP contribution in [0.1, 0.15) is 42.0 Å². The van der Waals surface area contributed by atoms with Crippen molar-refractivity contribution >= 4 is 17.2 Å². The molecule has 2 aromatic carbocycles. The molecule has 0 amide bonds. The highest BCUT2D eigenvalue weighted by Gasteiger charge is 2.18. The Kier molecular flexibility index (Phi) is 4.89. The number of benzene rings is 2. The minimum Gasteiger partial charge on any atom is -0.497 e. The predicted molar refractivity (Wildman–Crippen MR) is 113 cm³/mol. The lowest BCUT2D eigenvalue weighted by Crippen LogP contribution is -2.19. The monoisotopic (exact) mass is 370 g/mol. The lowest BCUT2D eigenvalue weighted by molar-refractivity contribution is 0.415. The average molecular weight is 370 g/mol. The molecule has 5 nitrogen and oxygen atoms in total. The van der Waals surface area contributed by atoms with E-state index in [1.165, 1.54) is 5.56 Å². The summed E-state index contributed by atoms with van der Waals surface area (Å²) in [5.41, 5.74) is 9.01. The fourth-order valence-electron chi connectivity index (χ4n) is 3.12. The van der Waals surface area contributed by atoms with E-state index in [2.05, 4.69) is 42.5 Å². The van der Waals surface area contributed by atoms with Crippen molar-refractivity contribution in [3.63, 3.8) is 0 Å². The highest BCUT2D eigenvalue weighted by molar-refractivity contribution is 6.18. The highest BCUT2D eigenvalue weighted by Crippen LogP contribution is 2.29. The summed E-state index contributed by atoms with van der Waals surface area (Å²) in [6.45, 7) is 4.37. The van der Waals surface area contributed by atoms with Crippen LogP contribution in [-0.4, -0.2) is 23.6 Å². The van der Waals surface area contributed by atoms with Gasteiger partial charge in [-0.3, -0.25) is 10.4 Å². The molecule has 0 radical (unpaired) electrons. The summed E-state index contributed by atoms with van der Waals surface area (Å²) in [7, 11) is 1.66. The van der Waals surface area contributed by atoms with Crippen LogP contribution in [0.3, 0.4) is 0 Å². The lowest BCUT2D eigenvalue weighted by Gasteiger charge is -2.12. The van der Waals surface area contributed by atoms with Gasteiger partial charge in [-0.15, -0.1) is 0 Å². The van der Waals surface area contributed by atoms with Crippen LogP contribution in [0.25, 0.3) is 0 Å². The second-order valence-electron chi connectivity index (χ2n) is 6.93. The van der Waals surface area contributed by atoms with Crippen molar-refractivity contribution in [3.8, 4) is 5.75 Å². The Hall–Kier alpha value is -3.47. The lowest BCUT2D eigenvalue weighted by atomic mass is 9.95. The molecule has 4 rings (SSSR count). The maximum Gasteiger partial charge on any atom is 0.155 e. The molecule has 2 heterocycles. The number of methoxy groups -OCH3 is 1. The first-order chi connectivity index (χ1) is 13.7. The molecule has 0 spiro atoms. The highest BCUT2D eigenvalue weighted by atomic mass is 16.5. The van der Waals surface area contributed by atoms with Gasteiger partial charge in [0.2, 0.25) is 0 Å². The fourth-order valence-corrected chi connectivity index (χ4v) is 3.12. The molecule has 1 N–H and O–H groups in total. The number of ether oxygens (including phenoxy) is 1. The summed E-state index contributed by atoms with van der Waals surface area (Å²) in [4.78, 5) is 9.04. The van der Waals surface area contributed by atoms with Gasteiger partial charge in [0.25, 0.3) is 0 Å². The molecule has 0 fully saturated rings. The molecule has 3 aromatic rings. The Balaban J connectivity index is 1.86. The number of rotatable bonds is 4. The van der Waals surface area contributed by atoms with E-state index in [1.807, 2.05) is 36.4 Å². The quantitative estimate of drug-likeness (QED) is 0.727. The summed E-state index contributed by atoms with van der Waals surface area (Å²) in [5, 5.41) is 4.72. The van der Waals surface area contributed by atoms with Gasteiger partial charge >= 0.3 is 0 Å². The summed E-state index contributed by atoms with van der Waals surface area (Å²) in [6.07, 6.45) is 3.53. The molecule has 0 atom stereocenters. The van der Waals surface area contributed by atoms with Crippen LogP contribution < -0.4 is 10.2 Å². The van der Waals surface area contributed by atoms with Crippen molar-refractivity contribution < 1.29 is 4.74 Å². The normalized spacial score (nSPS) is 13.1. The number of fused-ring (bicyclic) bond motifs is 1. The second-order valence-corrected chi connectivity index (χ2v) is 6.93. The summed E-state index contributed by atoms with van der Waals surface area (Å²) >= 11 is 0. The topological polar surface area (TPSA) is 58.9 Å². The van der Waals surface area contributed by atoms with Crippen molar-refractivity contribution in [1.82, 2.24) is 10.4 Å². The van der Waals surface area contributed by atoms with Crippen LogP contribution in [0.4, 0.5) is 5.69 Å². The Morgan fingerprint density at radius 3 is 2.46 bits per heavy atom. The summed E-state index contributed by atoms with van der Waals surface area (Å²) in [6, 6.07) is 18.1. The van der Waals surface area contributed by atoms with Crippen molar-refractivity contribution in [3.05, 3.63) is 89.2 Å². The van der Waals surface area contributed by atoms with Gasteiger partial charge in [0.1, 0.15) is 5.75 Å². The molecule has 0 saturated carbocycles. The first-order valence-electron chi connectivity index (χ1n) is 9.27. The molecular formula is C23H22N4O. The van der Waals surface area contributed by atoms with Gasteiger partial charge in [-0.05, 0) is 60.0 Å². The van der Waals surface area contributed by atoms with Crippen LogP contribution in [0.2, 0.25) is 0 Å². The maximum absolute atomic E-state index is 5.29. The number of pyridine rings is 1. The van der Waals surface area contributed by atoms with E-state index in [0.717, 1.165) is 33.8 Å². The number of hydrazone groups is 1. The number of hydrogen-bond acceptors (Lipinski definition) is 5. The third kappa shape index (κ3) is 3.51. The third-order valence-electron chi connectivity index (χ3n) is 4.75. The molecule has 1 aromatic heterocycles. The number of nitrogens with zero attached hydrogens (tertiary/aromatic N) is 3. The standard InChI is InChI=1S/C23H22N4O/c1-15(2)17-8-11-21-20(13-17)22(16-6-9-19(28-3)10-7-16)26-27-23(25-21)18-5-4-12-24-14-18/h4-15H,1-3H3,(H,25,27). The molecule has 5 heteroatoms. The van der Waals surface area contributed by atoms with Gasteiger partial charge in [-0.2, -0.15) is 5.10 Å². The molecule has 28 heavy (non-hydrogen) atoms. The van der Waals surface area contributed by atoms with E-state index >= 15 is 0 Å². The Morgan fingerprint density at radius 1 is 0.964 bits per heavy atom. The van der Waals surface area contributed by atoms with E-state index in [-0.39, 0.29) is 0 Å². The zero-order valence-corrected chi connectivity index (χ0v) is 16.2. The molecule has 1 aliphatic rings. The molecular weight excluding hydrogens is 348 g/mol. The van der Waals surface area contributed by atoms with Gasteiger partial charge < -0.3 is 4.74 Å². The number of aromatic nitrogens is 1. The van der Waals surface area contributed by atoms with Crippen LogP contribution in [0.5, 0.6) is 5.75 Å². The summed E-state index contributed by atoms with van der Waals surface area (Å²) < 4.78 is 5.29. The van der Waals surface area contributed by atoms with Crippen molar-refractivity contribution in [2.75, 3.05) is 7.11 Å². The Bertz CT molecular complexity index is 1040. The molecule has 0 saturated heterocycles. The smallest absolute Gasteiger partial charge is 0.155 e. The van der Waals surface area contributed by atoms with Gasteiger partial charge in [0, 0.05) is 29.1 Å². The van der Waals surface area contributed by atoms with Crippen LogP contribution >= 0.6 is 0 Å². The van der Waals surface area contributed by atoms with Crippen LogP contribution in [0, 0.1) is 0 Å². The second kappa shape index (κ2) is 7.64. The van der Waals surface area contributed by atoms with E-state index in [0.29, 0.717) is 11.8 Å². The molecule has 0 aliphatic carbocycles. The van der Waals surface area contributed by atoms with Crippen LogP contribution in [0.15, 0.2) is 77.1 Å². The molecule has 0 bridgehead atoms. The minimum atomic E-state index is 0.417. The van der Waals surface area contributed by atoms with E-state index in [1.54, 1.807) is 19.5 Å². The van der Waals surface area contributed by atoms with Crippen LogP contribution in [-0.2, 0) is 0 Å². The first kappa shape index (κ1) is 17.9. The number of aliphatic imine (C=N–C) groups is 1. The number of amidine groups is 1. The molecule has 0 unspecified atom stereocenters. The largest absolute Gasteiger partial charge is 0.497 e. The van der Waals surface area contributed by atoms with Gasteiger partial charge in [-0.1, -0.05) is 19.9 Å². The molecule has 1 aliphatic heterocycles. The fraction of sp³-hybridized carbons (Fsp3) is 0.174. The van der Waals surface area contributed by atoms with Crippen molar-refractivity contribution in [2.45, 2.75) is 19.8 Å². The Morgan fingerprint density at radius 2 is 1.79 bits per heavy atom. The van der Waals surface area contributed by atoms with Crippen molar-refractivity contribution in [2.24, 2.45) is 10.1 Å². The number of nitrogens with one attached hydrogen (secondary N) is 1. The van der Waals surface area contributed by atoms with E-state index in [9.17, 15) is 0 Å². The van der Waals surface area contributed by atoms with Crippen molar-refractivity contribution in [1.29, 1.82) is 0 Å². The minimum absolute atomic E-state index is 0.417. The summed E-state index contributed by atoms with van der Waals surface area (Å²) in [5.74, 6) is 1.91. The van der Waals surface area contributed by atoms with Gasteiger partial charge in [0.05, 0.1) is 18.5 Å². The number of hydrogen-bond donors (Lipinski definition) is 1. The third-order valence-corrected chi connectivity index (χ3v) is 4.75. The zero-order chi connectivity index (χ0) is 19.5. The first-order valence-corrected chi connectivity index (χ1v) is 9.27. The maximum atomic E-state index is 5.29. The zero-order valence-electron chi connectivity index (χ0n) is 16.2. The van der Waals surface area contributed by atoms with Gasteiger partial charge in [0.15, 0.2) is 5.84 Å². The predicted octanol–water partition coefficient (Wildman–Crippen LogP) is 4.65. The van der Waals surface area contributed by atoms with E-state index < -0.39 is 0 Å².